The molecule has 0 bridgehead atoms. The standard InChI is InChI=1S/C15H29NO3/c1-12(2,3)15(11(18)19,13(4,5)6)10(17)16-14(7,8)9/h1-9H3,(H,16,17)(H,18,19). The van der Waals surface area contributed by atoms with Crippen LogP contribution in [0.2, 0.25) is 0 Å². The summed E-state index contributed by atoms with van der Waals surface area (Å²) in [5.74, 6) is -1.50. The third kappa shape index (κ3) is 3.28. The van der Waals surface area contributed by atoms with E-state index in [-0.39, 0.29) is 0 Å². The molecule has 1 amide bonds. The Balaban J connectivity index is 6.06. The monoisotopic (exact) mass is 271 g/mol. The molecule has 0 heterocycles. The van der Waals surface area contributed by atoms with Crippen molar-refractivity contribution in [3.63, 3.8) is 0 Å². The molecular weight excluding hydrogens is 242 g/mol. The molecule has 0 spiro atoms. The van der Waals surface area contributed by atoms with E-state index in [0.29, 0.717) is 0 Å². The van der Waals surface area contributed by atoms with E-state index in [0.717, 1.165) is 0 Å². The molecule has 0 rings (SSSR count). The summed E-state index contributed by atoms with van der Waals surface area (Å²) >= 11 is 0. The van der Waals surface area contributed by atoms with Crippen LogP contribution in [0.15, 0.2) is 0 Å². The maximum absolute atomic E-state index is 12.7. The van der Waals surface area contributed by atoms with E-state index in [4.69, 9.17) is 0 Å². The van der Waals surface area contributed by atoms with Gasteiger partial charge >= 0.3 is 5.97 Å². The third-order valence-corrected chi connectivity index (χ3v) is 3.40. The Kier molecular flexibility index (Phi) is 4.53. The van der Waals surface area contributed by atoms with Gasteiger partial charge in [-0.3, -0.25) is 9.59 Å². The summed E-state index contributed by atoms with van der Waals surface area (Å²) in [6.07, 6.45) is 0. The number of hydrogen-bond acceptors (Lipinski definition) is 2. The van der Waals surface area contributed by atoms with Gasteiger partial charge in [0.25, 0.3) is 0 Å². The number of amides is 1. The zero-order valence-electron chi connectivity index (χ0n) is 13.8. The van der Waals surface area contributed by atoms with Gasteiger partial charge in [-0.05, 0) is 31.6 Å². The Morgan fingerprint density at radius 3 is 1.26 bits per heavy atom. The molecule has 2 N–H and O–H groups in total. The Labute approximate surface area is 117 Å². The second-order valence-corrected chi connectivity index (χ2v) is 8.26. The summed E-state index contributed by atoms with van der Waals surface area (Å²) in [5.41, 5.74) is -3.36. The lowest BCUT2D eigenvalue weighted by Crippen LogP contribution is -2.63. The van der Waals surface area contributed by atoms with E-state index in [9.17, 15) is 14.7 Å². The number of aliphatic carboxylic acids is 1. The summed E-state index contributed by atoms with van der Waals surface area (Å²) in [6.45, 7) is 16.4. The van der Waals surface area contributed by atoms with E-state index in [1.165, 1.54) is 0 Å². The lowest BCUT2D eigenvalue weighted by Gasteiger charge is -2.49. The van der Waals surface area contributed by atoms with Gasteiger partial charge in [-0.15, -0.1) is 0 Å². The molecular formula is C15H29NO3. The van der Waals surface area contributed by atoms with Crippen molar-refractivity contribution in [1.29, 1.82) is 0 Å². The number of carbonyl (C=O) groups is 2. The smallest absolute Gasteiger partial charge is 0.320 e. The van der Waals surface area contributed by atoms with E-state index >= 15 is 0 Å². The fourth-order valence-corrected chi connectivity index (χ4v) is 2.98. The summed E-state index contributed by atoms with van der Waals surface area (Å²) < 4.78 is 0. The second-order valence-electron chi connectivity index (χ2n) is 8.26. The van der Waals surface area contributed by atoms with E-state index in [2.05, 4.69) is 5.32 Å². The van der Waals surface area contributed by atoms with Crippen molar-refractivity contribution < 1.29 is 14.7 Å². The van der Waals surface area contributed by atoms with E-state index in [1.807, 2.05) is 20.8 Å². The highest BCUT2D eigenvalue weighted by Gasteiger charge is 2.62. The molecule has 0 atom stereocenters. The molecule has 0 aliphatic rings. The van der Waals surface area contributed by atoms with Gasteiger partial charge in [-0.1, -0.05) is 41.5 Å². The average Bonchev–Trinajstić information content (AvgIpc) is 1.91. The van der Waals surface area contributed by atoms with Crippen molar-refractivity contribution in [3.05, 3.63) is 0 Å². The maximum atomic E-state index is 12.7. The molecule has 0 fully saturated rings. The highest BCUT2D eigenvalue weighted by molar-refractivity contribution is 6.04. The Morgan fingerprint density at radius 2 is 1.11 bits per heavy atom. The number of rotatable bonds is 2. The molecule has 0 radical (unpaired) electrons. The van der Waals surface area contributed by atoms with E-state index in [1.54, 1.807) is 41.5 Å². The highest BCUT2D eigenvalue weighted by Crippen LogP contribution is 2.52. The number of nitrogens with one attached hydrogen (secondary N) is 1. The quantitative estimate of drug-likeness (QED) is 0.758. The molecule has 112 valence electrons. The molecule has 0 aromatic heterocycles. The SMILES string of the molecule is CC(C)(C)NC(=O)C(C(=O)O)(C(C)(C)C)C(C)(C)C. The van der Waals surface area contributed by atoms with Crippen LogP contribution in [0.25, 0.3) is 0 Å². The first-order chi connectivity index (χ1) is 8.07. The van der Waals surface area contributed by atoms with Crippen LogP contribution in [0.4, 0.5) is 0 Å². The summed E-state index contributed by atoms with van der Waals surface area (Å²) in [7, 11) is 0. The Hall–Kier alpha value is -1.06. The van der Waals surface area contributed by atoms with Crippen molar-refractivity contribution in [2.45, 2.75) is 67.9 Å². The van der Waals surface area contributed by atoms with Crippen molar-refractivity contribution in [2.75, 3.05) is 0 Å². The van der Waals surface area contributed by atoms with Gasteiger partial charge in [-0.2, -0.15) is 0 Å². The minimum Gasteiger partial charge on any atom is -0.480 e. The van der Waals surface area contributed by atoms with Gasteiger partial charge in [0.05, 0.1) is 0 Å². The first-order valence-corrected chi connectivity index (χ1v) is 6.63. The van der Waals surface area contributed by atoms with Crippen LogP contribution in [-0.2, 0) is 9.59 Å². The summed E-state index contributed by atoms with van der Waals surface area (Å²) in [5, 5.41) is 12.6. The van der Waals surface area contributed by atoms with Crippen LogP contribution in [0.1, 0.15) is 62.3 Å². The third-order valence-electron chi connectivity index (χ3n) is 3.40. The van der Waals surface area contributed by atoms with Crippen LogP contribution in [0.3, 0.4) is 0 Å². The molecule has 19 heavy (non-hydrogen) atoms. The van der Waals surface area contributed by atoms with Crippen molar-refractivity contribution in [3.8, 4) is 0 Å². The number of carboxylic acids is 1. The molecule has 0 unspecified atom stereocenters. The minimum absolute atomic E-state index is 0.424. The average molecular weight is 271 g/mol. The van der Waals surface area contributed by atoms with E-state index < -0.39 is 33.7 Å². The van der Waals surface area contributed by atoms with Crippen LogP contribution in [-0.4, -0.2) is 22.5 Å². The first kappa shape index (κ1) is 17.9. The number of carboxylic acid groups (broad SMARTS) is 1. The molecule has 0 aromatic rings. The zero-order chi connectivity index (χ0) is 15.9. The van der Waals surface area contributed by atoms with Gasteiger partial charge < -0.3 is 10.4 Å². The van der Waals surface area contributed by atoms with Gasteiger partial charge in [-0.25, -0.2) is 0 Å². The molecule has 0 aliphatic carbocycles. The van der Waals surface area contributed by atoms with Gasteiger partial charge in [0.2, 0.25) is 5.91 Å². The largest absolute Gasteiger partial charge is 0.480 e. The normalized spacial score (nSPS) is 14.2. The van der Waals surface area contributed by atoms with Crippen LogP contribution < -0.4 is 5.32 Å². The van der Waals surface area contributed by atoms with Crippen LogP contribution in [0, 0.1) is 16.2 Å². The molecule has 0 aliphatic heterocycles. The molecule has 4 nitrogen and oxygen atoms in total. The zero-order valence-corrected chi connectivity index (χ0v) is 13.8. The van der Waals surface area contributed by atoms with Gasteiger partial charge in [0.1, 0.15) is 0 Å². The lowest BCUT2D eigenvalue weighted by molar-refractivity contribution is -0.176. The van der Waals surface area contributed by atoms with Gasteiger partial charge in [0, 0.05) is 5.54 Å². The summed E-state index contributed by atoms with van der Waals surface area (Å²) in [4.78, 5) is 24.7. The van der Waals surface area contributed by atoms with Crippen molar-refractivity contribution in [1.82, 2.24) is 5.32 Å². The highest BCUT2D eigenvalue weighted by atomic mass is 16.4. The van der Waals surface area contributed by atoms with Crippen molar-refractivity contribution in [2.24, 2.45) is 16.2 Å². The first-order valence-electron chi connectivity index (χ1n) is 6.63. The second kappa shape index (κ2) is 4.80. The Morgan fingerprint density at radius 1 is 0.789 bits per heavy atom. The fourth-order valence-electron chi connectivity index (χ4n) is 2.98. The lowest BCUT2D eigenvalue weighted by atomic mass is 9.53. The predicted octanol–water partition coefficient (Wildman–Crippen LogP) is 3.06. The maximum Gasteiger partial charge on any atom is 0.320 e. The molecule has 4 heteroatoms. The summed E-state index contributed by atoms with van der Waals surface area (Å²) in [6, 6.07) is 0. The molecule has 0 aromatic carbocycles. The van der Waals surface area contributed by atoms with Crippen LogP contribution >= 0.6 is 0 Å². The Bertz CT molecular complexity index is 350. The van der Waals surface area contributed by atoms with Crippen LogP contribution in [0.5, 0.6) is 0 Å². The topological polar surface area (TPSA) is 66.4 Å². The fraction of sp³-hybridized carbons (Fsp3) is 0.867. The van der Waals surface area contributed by atoms with Gasteiger partial charge in [0.15, 0.2) is 5.41 Å². The number of carbonyl (C=O) groups excluding carboxylic acids is 1. The molecule has 0 saturated heterocycles. The number of hydrogen-bond donors (Lipinski definition) is 2. The predicted molar refractivity (Wildman–Crippen MR) is 76.9 cm³/mol. The molecule has 0 saturated carbocycles. The van der Waals surface area contributed by atoms with Crippen molar-refractivity contribution >= 4 is 11.9 Å². The minimum atomic E-state index is -1.49.